The first-order valence-electron chi connectivity index (χ1n) is 32.5. The third kappa shape index (κ3) is 16.9. The number of pyridine rings is 1. The molecule has 7 atom stereocenters. The number of aliphatic hydroxyl groups is 2. The predicted octanol–water partition coefficient (Wildman–Crippen LogP) is 8.10. The van der Waals surface area contributed by atoms with Crippen LogP contribution in [0.4, 0.5) is 0 Å². The zero-order chi connectivity index (χ0) is 71.9. The highest BCUT2D eigenvalue weighted by Crippen LogP contribution is 2.43. The van der Waals surface area contributed by atoms with E-state index in [0.717, 1.165) is 34.0 Å². The minimum absolute atomic E-state index is 0.0456. The zero-order valence-electron chi connectivity index (χ0n) is 54.6. The van der Waals surface area contributed by atoms with Crippen LogP contribution in [0.5, 0.6) is 5.75 Å². The number of carbonyl (C=O) groups is 9. The number of carbonyl (C=O) groups excluding carboxylic acids is 7. The molecule has 1 saturated heterocycles. The lowest BCUT2D eigenvalue weighted by Gasteiger charge is -2.29. The molecule has 9 aromatic rings. The van der Waals surface area contributed by atoms with Gasteiger partial charge in [-0.15, -0.1) is 68.0 Å². The minimum Gasteiger partial charge on any atom is -0.484 e. The molecule has 11 N–H and O–H groups in total. The SMILES string of the molecule is Cc1sc2nc1C(=O)N[C@@H]([C@H](O)c1ccccc1)c1nc(cs1)C(=O)N[C@@H](Cc1ccc(OCC(=O)NCCCCCC(=O)O)cc1)C(=O)N1C[C@H](O)[C@H](C)[C@H]1c1nc(cs1)-c1nc(cs1)-c1nc(-c3nc(C(=O)N[C@H]4CC[C@H](C(=O)O)CC4)cs3)ccc1-c1nc(cs1)C(=O)N[C@H]2CC(N)=O. The third-order valence-corrected chi connectivity index (χ3v) is 23.1. The van der Waals surface area contributed by atoms with Crippen LogP contribution < -0.4 is 37.1 Å². The number of aliphatic carboxylic acids is 2. The first kappa shape index (κ1) is 72.1. The van der Waals surface area contributed by atoms with Gasteiger partial charge in [0.1, 0.15) is 93.8 Å². The first-order valence-corrected chi connectivity index (χ1v) is 37.8. The number of aromatic nitrogens is 7. The Labute approximate surface area is 606 Å². The van der Waals surface area contributed by atoms with Crippen LogP contribution in [0, 0.1) is 18.8 Å². The van der Waals surface area contributed by atoms with E-state index in [0.29, 0.717) is 122 Å². The number of rotatable bonds is 19. The van der Waals surface area contributed by atoms with Gasteiger partial charge in [-0.05, 0) is 80.8 Å². The van der Waals surface area contributed by atoms with Crippen LogP contribution in [0.2, 0.25) is 0 Å². The van der Waals surface area contributed by atoms with E-state index in [4.69, 9.17) is 35.5 Å². The summed E-state index contributed by atoms with van der Waals surface area (Å²) >= 11 is 6.80. The fourth-order valence-electron chi connectivity index (χ4n) is 12.1. The topological polar surface area (TPSA) is 423 Å². The smallest absolute Gasteiger partial charge is 0.306 e. The predicted molar refractivity (Wildman–Crippen MR) is 380 cm³/mol. The summed E-state index contributed by atoms with van der Waals surface area (Å²) in [6.07, 6.45) is 0.667. The number of nitrogens with zero attached hydrogens (tertiary/aromatic N) is 8. The van der Waals surface area contributed by atoms with Gasteiger partial charge in [0.05, 0.1) is 36.2 Å². The Hall–Kier alpha value is -9.68. The summed E-state index contributed by atoms with van der Waals surface area (Å²) in [5.41, 5.74) is 8.51. The van der Waals surface area contributed by atoms with Gasteiger partial charge >= 0.3 is 11.9 Å². The van der Waals surface area contributed by atoms with Crippen LogP contribution in [-0.2, 0) is 30.4 Å². The normalized spacial score (nSPS) is 20.5. The molecule has 7 amide bonds. The van der Waals surface area contributed by atoms with E-state index < -0.39 is 102 Å². The Morgan fingerprint density at radius 3 is 2.09 bits per heavy atom. The van der Waals surface area contributed by atoms with Crippen molar-refractivity contribution in [3.63, 3.8) is 0 Å². The number of fused-ring (bicyclic) bond motifs is 16. The maximum Gasteiger partial charge on any atom is 0.306 e. The number of thiazole rings is 6. The first-order chi connectivity index (χ1) is 49.1. The maximum absolute atomic E-state index is 15.5. The number of unbranched alkanes of at least 4 members (excludes halogenated alkanes) is 2. The quantitative estimate of drug-likeness (QED) is 0.0342. The molecule has 34 heteroatoms. The zero-order valence-corrected chi connectivity index (χ0v) is 59.5. The van der Waals surface area contributed by atoms with Gasteiger partial charge in [0.15, 0.2) is 6.61 Å². The summed E-state index contributed by atoms with van der Waals surface area (Å²) in [7, 11) is 0. The van der Waals surface area contributed by atoms with Crippen molar-refractivity contribution in [1.29, 1.82) is 0 Å². The van der Waals surface area contributed by atoms with E-state index in [2.05, 4.69) is 41.5 Å². The van der Waals surface area contributed by atoms with Crippen LogP contribution in [-0.4, -0.2) is 151 Å². The molecule has 28 nitrogen and oxygen atoms in total. The number of nitrogens with one attached hydrogen (secondary N) is 5. The Bertz CT molecular complexity index is 4600. The van der Waals surface area contributed by atoms with E-state index in [-0.39, 0.29) is 70.7 Å². The van der Waals surface area contributed by atoms with E-state index in [1.54, 1.807) is 96.7 Å². The van der Waals surface area contributed by atoms with E-state index >= 15 is 4.79 Å². The minimum atomic E-state index is -1.45. The molecule has 1 saturated carbocycles. The van der Waals surface area contributed by atoms with Crippen molar-refractivity contribution < 1.29 is 68.3 Å². The van der Waals surface area contributed by atoms with Crippen molar-refractivity contribution in [3.8, 4) is 49.1 Å². The highest BCUT2D eigenvalue weighted by atomic mass is 32.1. The second-order valence-electron chi connectivity index (χ2n) is 24.7. The van der Waals surface area contributed by atoms with Gasteiger partial charge in [-0.1, -0.05) is 55.8 Å². The standard InChI is InChI=1S/C68H68N14O14S6/c1-32-48(83)25-82-55(32)66-79-47(31-101-66)63-75-43(27-98-63)53-39(20-21-40(72-53)62-77-44(29-99-62)57(89)71-37-16-14-36(15-17-37)68(94)95)61-76-45(28-97-61)58(90)73-41(24-49(69)84)64-81-52(33(2)102-64)60(92)80-54(56(88)35-9-5-3-6-10-35)65-78-46(30-100-65)59(91)74-42(67(82)93)23-34-12-18-38(19-13-34)96-26-50(85)70-22-8-4-7-11-51(86)87/h3,5-6,9-10,12-13,18-21,27-32,36-37,41-42,48,54-56,83,88H,4,7-8,11,14-17,22-26H2,1-2H3,(H2,69,84)(H,70,85)(H,71,89)(H,73,90)(H,74,91)(H,80,92)(H,86,87)(H,94,95)/t32-,36-,37-,41-,42-,48-,54-,55-,56+/m0/s1. The molecule has 12 rings (SSSR count). The molecule has 2 fully saturated rings. The fraction of sp³-hybridized carbons (Fsp3) is 0.353. The fourth-order valence-corrected chi connectivity index (χ4v) is 17.4. The Balaban J connectivity index is 0.893. The Morgan fingerprint density at radius 2 is 1.34 bits per heavy atom. The number of carboxylic acids is 2. The molecule has 0 unspecified atom stereocenters. The van der Waals surface area contributed by atoms with Crippen molar-refractivity contribution in [2.45, 2.75) is 120 Å². The maximum atomic E-state index is 15.5. The van der Waals surface area contributed by atoms with Crippen molar-refractivity contribution in [3.05, 3.63) is 147 Å². The molecule has 2 aliphatic heterocycles. The molecule has 102 heavy (non-hydrogen) atoms. The van der Waals surface area contributed by atoms with E-state index in [1.807, 2.05) is 0 Å². The third-order valence-electron chi connectivity index (χ3n) is 17.6. The summed E-state index contributed by atoms with van der Waals surface area (Å²) in [4.78, 5) is 157. The van der Waals surface area contributed by atoms with Gasteiger partial charge < -0.3 is 62.4 Å². The number of amides is 7. The number of nitrogens with two attached hydrogens (primary N) is 1. The molecular weight excluding hydrogens is 1430 g/mol. The van der Waals surface area contributed by atoms with Crippen molar-refractivity contribution in [2.24, 2.45) is 17.6 Å². The van der Waals surface area contributed by atoms with Crippen LogP contribution in [0.1, 0.15) is 162 Å². The highest BCUT2D eigenvalue weighted by Gasteiger charge is 2.46. The molecule has 2 aromatic carbocycles. The highest BCUT2D eigenvalue weighted by molar-refractivity contribution is 7.15. The molecule has 9 heterocycles. The lowest BCUT2D eigenvalue weighted by atomic mass is 9.86. The summed E-state index contributed by atoms with van der Waals surface area (Å²) in [6, 6.07) is 13.7. The Morgan fingerprint density at radius 1 is 0.676 bits per heavy atom. The van der Waals surface area contributed by atoms with E-state index in [9.17, 15) is 53.7 Å². The number of hydrogen-bond donors (Lipinski definition) is 10. The van der Waals surface area contributed by atoms with E-state index in [1.165, 1.54) is 49.7 Å². The second-order valence-corrected chi connectivity index (χ2v) is 30.3. The molecule has 530 valence electrons. The number of aryl methyl sites for hydroxylation is 1. The summed E-state index contributed by atoms with van der Waals surface area (Å²) in [5, 5.41) is 66.6. The lowest BCUT2D eigenvalue weighted by molar-refractivity contribution is -0.143. The van der Waals surface area contributed by atoms with Crippen LogP contribution in [0.3, 0.4) is 0 Å². The average molecular weight is 1500 g/mol. The van der Waals surface area contributed by atoms with Gasteiger partial charge in [0.25, 0.3) is 29.5 Å². The molecule has 0 spiro atoms. The molecule has 10 bridgehead atoms. The summed E-state index contributed by atoms with van der Waals surface area (Å²) < 4.78 is 5.78. The number of carboxylic acid groups (broad SMARTS) is 2. The number of aliphatic hydroxyl groups excluding tert-OH is 2. The van der Waals surface area contributed by atoms with Gasteiger partial charge in [0, 0.05) is 75.2 Å². The average Bonchev–Trinajstić information content (AvgIpc) is 1.62. The van der Waals surface area contributed by atoms with Crippen LogP contribution in [0.25, 0.3) is 43.4 Å². The van der Waals surface area contributed by atoms with Crippen molar-refractivity contribution in [2.75, 3.05) is 19.7 Å². The van der Waals surface area contributed by atoms with Gasteiger partial charge in [-0.2, -0.15) is 0 Å². The molecular formula is C68H68N14O14S6. The Kier molecular flexibility index (Phi) is 22.7. The lowest BCUT2D eigenvalue weighted by Crippen LogP contribution is -2.50. The summed E-state index contributed by atoms with van der Waals surface area (Å²) in [6.45, 7) is 3.32. The molecule has 1 aliphatic carbocycles. The van der Waals surface area contributed by atoms with Crippen molar-refractivity contribution >= 4 is 121 Å². The number of hydrogen-bond acceptors (Lipinski definition) is 25. The number of benzene rings is 2. The molecule has 0 radical (unpaired) electrons. The largest absolute Gasteiger partial charge is 0.484 e. The van der Waals surface area contributed by atoms with Crippen LogP contribution in [0.15, 0.2) is 93.6 Å². The summed E-state index contributed by atoms with van der Waals surface area (Å²) in [5.74, 6) is -6.86. The number of ether oxygens (including phenoxy) is 1. The van der Waals surface area contributed by atoms with Gasteiger partial charge in [-0.3, -0.25) is 43.2 Å². The van der Waals surface area contributed by atoms with Gasteiger partial charge in [-0.25, -0.2) is 34.9 Å². The second kappa shape index (κ2) is 32.1. The van der Waals surface area contributed by atoms with Crippen molar-refractivity contribution in [1.82, 2.24) is 66.4 Å². The number of primary amides is 1. The molecule has 7 aromatic heterocycles. The monoisotopic (exact) mass is 1500 g/mol. The molecule has 3 aliphatic rings. The van der Waals surface area contributed by atoms with Gasteiger partial charge in [0.2, 0.25) is 11.8 Å². The van der Waals surface area contributed by atoms with Crippen LogP contribution >= 0.6 is 68.0 Å².